The lowest BCUT2D eigenvalue weighted by molar-refractivity contribution is -0.140. The molecule has 0 spiro atoms. The van der Waals surface area contributed by atoms with Gasteiger partial charge in [-0.15, -0.1) is 0 Å². The van der Waals surface area contributed by atoms with Crippen molar-refractivity contribution in [2.24, 2.45) is 5.92 Å². The predicted molar refractivity (Wildman–Crippen MR) is 81.3 cm³/mol. The Morgan fingerprint density at radius 2 is 1.70 bits per heavy atom. The molecule has 0 radical (unpaired) electrons. The predicted octanol–water partition coefficient (Wildman–Crippen LogP) is 4.87. The molecule has 1 fully saturated rings. The lowest BCUT2D eigenvalue weighted by Gasteiger charge is -2.02. The largest absolute Gasteiger partial charge is 0.434 e. The summed E-state index contributed by atoms with van der Waals surface area (Å²) >= 11 is 0. The minimum atomic E-state index is -4.41. The highest BCUT2D eigenvalue weighted by molar-refractivity contribution is 5.48. The second-order valence-electron chi connectivity index (χ2n) is 6.17. The fourth-order valence-electron chi connectivity index (χ4n) is 3.50. The molecule has 3 aromatic rings. The van der Waals surface area contributed by atoms with Crippen molar-refractivity contribution in [1.82, 2.24) is 9.38 Å². The van der Waals surface area contributed by atoms with Crippen molar-refractivity contribution in [3.8, 4) is 0 Å². The fraction of sp³-hybridized carbons (Fsp3) is 0.278. The third kappa shape index (κ3) is 2.40. The van der Waals surface area contributed by atoms with Crippen molar-refractivity contribution in [1.29, 1.82) is 0 Å². The second kappa shape index (κ2) is 4.85. The Bertz CT molecular complexity index is 852. The molecule has 1 aromatic carbocycles. The molecule has 23 heavy (non-hydrogen) atoms. The number of alkyl halides is 3. The molecule has 5 heteroatoms. The molecule has 1 aliphatic carbocycles. The van der Waals surface area contributed by atoms with E-state index in [4.69, 9.17) is 0 Å². The Morgan fingerprint density at radius 3 is 2.39 bits per heavy atom. The van der Waals surface area contributed by atoms with E-state index in [-0.39, 0.29) is 0 Å². The zero-order valence-corrected chi connectivity index (χ0v) is 12.5. The number of halogens is 3. The van der Waals surface area contributed by atoms with E-state index in [1.807, 2.05) is 24.3 Å². The third-order valence-corrected chi connectivity index (χ3v) is 4.72. The van der Waals surface area contributed by atoms with Gasteiger partial charge in [-0.05, 0) is 41.0 Å². The van der Waals surface area contributed by atoms with Gasteiger partial charge in [0.2, 0.25) is 0 Å². The van der Waals surface area contributed by atoms with E-state index in [9.17, 15) is 13.2 Å². The molecular formula is C18H15F3N2. The first-order chi connectivity index (χ1) is 10.9. The Kier molecular flexibility index (Phi) is 3.01. The van der Waals surface area contributed by atoms with Crippen LogP contribution >= 0.6 is 0 Å². The van der Waals surface area contributed by atoms with E-state index >= 15 is 0 Å². The SMILES string of the molecule is C[C@@H]1[C@H](c2ccccc2)[C@H]1c1ccn2cc(C(F)(F)F)nc2c1. The first kappa shape index (κ1) is 14.3. The van der Waals surface area contributed by atoms with Crippen LogP contribution in [-0.2, 0) is 6.18 Å². The van der Waals surface area contributed by atoms with Crippen molar-refractivity contribution in [3.63, 3.8) is 0 Å². The minimum absolute atomic E-state index is 0.341. The molecule has 4 rings (SSSR count). The molecule has 0 N–H and O–H groups in total. The number of pyridine rings is 1. The van der Waals surface area contributed by atoms with Gasteiger partial charge in [0.15, 0.2) is 5.69 Å². The van der Waals surface area contributed by atoms with Crippen molar-refractivity contribution < 1.29 is 13.2 Å². The smallest absolute Gasteiger partial charge is 0.306 e. The van der Waals surface area contributed by atoms with E-state index in [1.165, 1.54) is 9.96 Å². The van der Waals surface area contributed by atoms with Gasteiger partial charge in [-0.2, -0.15) is 13.2 Å². The number of benzene rings is 1. The number of imidazole rings is 1. The molecule has 0 amide bonds. The Hall–Kier alpha value is -2.30. The van der Waals surface area contributed by atoms with Crippen molar-refractivity contribution in [2.75, 3.05) is 0 Å². The van der Waals surface area contributed by atoms with Gasteiger partial charge in [-0.3, -0.25) is 0 Å². The van der Waals surface area contributed by atoms with Gasteiger partial charge in [0.1, 0.15) is 5.65 Å². The highest BCUT2D eigenvalue weighted by atomic mass is 19.4. The molecule has 3 atom stereocenters. The maximum Gasteiger partial charge on any atom is 0.434 e. The zero-order chi connectivity index (χ0) is 16.2. The lowest BCUT2D eigenvalue weighted by atomic mass is 10.1. The summed E-state index contributed by atoms with van der Waals surface area (Å²) < 4.78 is 39.7. The number of nitrogens with zero attached hydrogens (tertiary/aromatic N) is 2. The van der Waals surface area contributed by atoms with Crippen LogP contribution in [0.2, 0.25) is 0 Å². The molecule has 0 bridgehead atoms. The van der Waals surface area contributed by atoms with Crippen LogP contribution in [0.15, 0.2) is 54.9 Å². The quantitative estimate of drug-likeness (QED) is 0.659. The molecule has 0 saturated heterocycles. The van der Waals surface area contributed by atoms with Crippen LogP contribution < -0.4 is 0 Å². The summed E-state index contributed by atoms with van der Waals surface area (Å²) in [5.41, 5.74) is 1.83. The summed E-state index contributed by atoms with van der Waals surface area (Å²) in [6.07, 6.45) is -1.71. The fourth-order valence-corrected chi connectivity index (χ4v) is 3.50. The Balaban J connectivity index is 1.68. The van der Waals surface area contributed by atoms with Crippen LogP contribution in [0.4, 0.5) is 13.2 Å². The van der Waals surface area contributed by atoms with Crippen LogP contribution in [0.5, 0.6) is 0 Å². The maximum absolute atomic E-state index is 12.8. The normalized spacial score (nSPS) is 24.1. The van der Waals surface area contributed by atoms with E-state index < -0.39 is 11.9 Å². The van der Waals surface area contributed by atoms with E-state index in [2.05, 4.69) is 24.0 Å². The van der Waals surface area contributed by atoms with Gasteiger partial charge >= 0.3 is 6.18 Å². The van der Waals surface area contributed by atoms with E-state index in [1.54, 1.807) is 12.3 Å². The van der Waals surface area contributed by atoms with E-state index in [0.717, 1.165) is 11.8 Å². The first-order valence-electron chi connectivity index (χ1n) is 7.56. The number of hydrogen-bond donors (Lipinski definition) is 0. The van der Waals surface area contributed by atoms with Gasteiger partial charge in [0.25, 0.3) is 0 Å². The third-order valence-electron chi connectivity index (χ3n) is 4.72. The van der Waals surface area contributed by atoms with Gasteiger partial charge < -0.3 is 4.40 Å². The molecular weight excluding hydrogens is 301 g/mol. The van der Waals surface area contributed by atoms with Crippen molar-refractivity contribution in [2.45, 2.75) is 24.9 Å². The molecule has 0 aliphatic heterocycles. The summed E-state index contributed by atoms with van der Waals surface area (Å²) in [6.45, 7) is 2.18. The van der Waals surface area contributed by atoms with Gasteiger partial charge in [0.05, 0.1) is 0 Å². The van der Waals surface area contributed by atoms with Crippen molar-refractivity contribution >= 4 is 5.65 Å². The zero-order valence-electron chi connectivity index (χ0n) is 12.5. The summed E-state index contributed by atoms with van der Waals surface area (Å²) in [5.74, 6) is 1.25. The molecule has 0 unspecified atom stereocenters. The molecule has 2 nitrogen and oxygen atoms in total. The Morgan fingerprint density at radius 1 is 1.00 bits per heavy atom. The number of fused-ring (bicyclic) bond motifs is 1. The van der Waals surface area contributed by atoms with Crippen LogP contribution in [0.1, 0.15) is 35.6 Å². The van der Waals surface area contributed by atoms with Crippen LogP contribution in [-0.4, -0.2) is 9.38 Å². The summed E-state index contributed by atoms with van der Waals surface area (Å²) in [7, 11) is 0. The number of hydrogen-bond acceptors (Lipinski definition) is 1. The first-order valence-corrected chi connectivity index (χ1v) is 7.56. The maximum atomic E-state index is 12.8. The molecule has 2 heterocycles. The van der Waals surface area contributed by atoms with Crippen LogP contribution in [0.3, 0.4) is 0 Å². The summed E-state index contributed by atoms with van der Waals surface area (Å²) in [6, 6.07) is 13.9. The van der Waals surface area contributed by atoms with Gasteiger partial charge in [-0.25, -0.2) is 4.98 Å². The van der Waals surface area contributed by atoms with Crippen LogP contribution in [0, 0.1) is 5.92 Å². The lowest BCUT2D eigenvalue weighted by Crippen LogP contribution is -2.04. The van der Waals surface area contributed by atoms with E-state index in [0.29, 0.717) is 23.4 Å². The average Bonchev–Trinajstić information content (AvgIpc) is 3.00. The minimum Gasteiger partial charge on any atom is -0.306 e. The highest BCUT2D eigenvalue weighted by Gasteiger charge is 2.48. The molecule has 1 aliphatic rings. The average molecular weight is 316 g/mol. The van der Waals surface area contributed by atoms with Crippen molar-refractivity contribution in [3.05, 3.63) is 71.7 Å². The Labute approximate surface area is 131 Å². The monoisotopic (exact) mass is 316 g/mol. The molecule has 1 saturated carbocycles. The summed E-state index contributed by atoms with van der Waals surface area (Å²) in [4.78, 5) is 3.72. The second-order valence-corrected chi connectivity index (χ2v) is 6.17. The van der Waals surface area contributed by atoms with Gasteiger partial charge in [0, 0.05) is 12.4 Å². The topological polar surface area (TPSA) is 17.3 Å². The standard InChI is InChI=1S/C18H15F3N2/c1-11-16(12-5-3-2-4-6-12)17(11)13-7-8-23-10-14(18(19,20)21)22-15(23)9-13/h2-11,16-17H,1H3/t11-,16-,17-/m1/s1. The number of aromatic nitrogens is 2. The number of rotatable bonds is 2. The highest BCUT2D eigenvalue weighted by Crippen LogP contribution is 2.60. The summed E-state index contributed by atoms with van der Waals surface area (Å²) in [5, 5.41) is 0. The molecule has 2 aromatic heterocycles. The van der Waals surface area contributed by atoms with Crippen LogP contribution in [0.25, 0.3) is 5.65 Å². The van der Waals surface area contributed by atoms with Gasteiger partial charge in [-0.1, -0.05) is 37.3 Å². The molecule has 118 valence electrons.